The molecule has 0 unspecified atom stereocenters. The van der Waals surface area contributed by atoms with Crippen LogP contribution in [0.15, 0.2) is 60.7 Å². The molecule has 0 aliphatic carbocycles. The summed E-state index contributed by atoms with van der Waals surface area (Å²) in [5.41, 5.74) is 2.02. The lowest BCUT2D eigenvalue weighted by atomic mass is 9.91. The molecule has 1 fully saturated rings. The molecule has 7 heteroatoms. The smallest absolute Gasteiger partial charge is 0.317 e. The normalized spacial score (nSPS) is 14.5. The van der Waals surface area contributed by atoms with Gasteiger partial charge in [0.25, 0.3) is 0 Å². The lowest BCUT2D eigenvalue weighted by molar-refractivity contribution is -0.132. The van der Waals surface area contributed by atoms with Gasteiger partial charge in [-0.25, -0.2) is 4.79 Å². The van der Waals surface area contributed by atoms with Crippen molar-refractivity contribution < 1.29 is 14.3 Å². The van der Waals surface area contributed by atoms with Gasteiger partial charge in [-0.2, -0.15) is 0 Å². The Morgan fingerprint density at radius 1 is 1.00 bits per heavy atom. The summed E-state index contributed by atoms with van der Waals surface area (Å²) in [7, 11) is 1.67. The van der Waals surface area contributed by atoms with E-state index in [1.165, 1.54) is 0 Å². The number of methoxy groups -OCH3 is 1. The molecule has 3 rings (SSSR count). The molecule has 1 aliphatic rings. The van der Waals surface area contributed by atoms with Crippen molar-refractivity contribution in [1.29, 1.82) is 0 Å². The summed E-state index contributed by atoms with van der Waals surface area (Å²) in [5, 5.41) is 3.01. The Morgan fingerprint density at radius 3 is 2.35 bits per heavy atom. The van der Waals surface area contributed by atoms with Crippen LogP contribution in [-0.4, -0.2) is 79.6 Å². The Bertz CT molecular complexity index is 1020. The summed E-state index contributed by atoms with van der Waals surface area (Å²) in [5.74, 6) is 0.980. The van der Waals surface area contributed by atoms with E-state index in [-0.39, 0.29) is 17.4 Å². The quantitative estimate of drug-likeness (QED) is 0.515. The minimum absolute atomic E-state index is 0.0213. The third-order valence-corrected chi connectivity index (χ3v) is 6.43. The largest absolute Gasteiger partial charge is 0.496 e. The number of amides is 3. The second-order valence-corrected chi connectivity index (χ2v) is 10.7. The summed E-state index contributed by atoms with van der Waals surface area (Å²) in [6.45, 7) is 11.8. The first-order valence-corrected chi connectivity index (χ1v) is 13.1. The van der Waals surface area contributed by atoms with Crippen LogP contribution in [0.4, 0.5) is 4.79 Å². The van der Waals surface area contributed by atoms with Crippen LogP contribution in [0.1, 0.15) is 38.3 Å². The first kappa shape index (κ1) is 28.3. The van der Waals surface area contributed by atoms with Gasteiger partial charge in [0.2, 0.25) is 5.91 Å². The van der Waals surface area contributed by atoms with Crippen LogP contribution in [0.2, 0.25) is 0 Å². The molecule has 200 valence electrons. The number of carbonyl (C=O) groups is 2. The number of hydrogen-bond acceptors (Lipinski definition) is 4. The third-order valence-electron chi connectivity index (χ3n) is 6.43. The lowest BCUT2D eigenvalue weighted by Crippen LogP contribution is -2.53. The summed E-state index contributed by atoms with van der Waals surface area (Å²) < 4.78 is 5.44. The van der Waals surface area contributed by atoms with Crippen LogP contribution >= 0.6 is 0 Å². The van der Waals surface area contributed by atoms with Gasteiger partial charge in [0, 0.05) is 64.3 Å². The summed E-state index contributed by atoms with van der Waals surface area (Å²) in [6, 6.07) is 17.8. The number of para-hydroxylation sites is 1. The maximum atomic E-state index is 13.1. The minimum atomic E-state index is -0.0690. The molecular formula is C30H42N4O3. The first-order chi connectivity index (χ1) is 17.7. The summed E-state index contributed by atoms with van der Waals surface area (Å²) >= 11 is 0. The highest BCUT2D eigenvalue weighted by molar-refractivity contribution is 5.77. The van der Waals surface area contributed by atoms with E-state index >= 15 is 0 Å². The van der Waals surface area contributed by atoms with Crippen molar-refractivity contribution in [3.05, 3.63) is 71.8 Å². The van der Waals surface area contributed by atoms with Gasteiger partial charge in [-0.3, -0.25) is 9.69 Å². The maximum absolute atomic E-state index is 13.1. The van der Waals surface area contributed by atoms with Crippen molar-refractivity contribution in [3.63, 3.8) is 0 Å². The average molecular weight is 507 g/mol. The van der Waals surface area contributed by atoms with E-state index in [1.54, 1.807) is 7.11 Å². The molecule has 1 N–H and O–H groups in total. The SMILES string of the molecule is COc1ccccc1C=CCN(CCN1CCN(C(=O)NCc2ccccc2)CC1)C(=O)CC(C)(C)C. The van der Waals surface area contributed by atoms with Gasteiger partial charge in [-0.05, 0) is 17.0 Å². The molecule has 3 amide bonds. The summed E-state index contributed by atoms with van der Waals surface area (Å²) in [6.07, 6.45) is 4.56. The highest BCUT2D eigenvalue weighted by Gasteiger charge is 2.24. The van der Waals surface area contributed by atoms with E-state index in [2.05, 4.69) is 31.0 Å². The molecule has 0 saturated carbocycles. The van der Waals surface area contributed by atoms with E-state index in [0.717, 1.165) is 36.5 Å². The second-order valence-electron chi connectivity index (χ2n) is 10.7. The Morgan fingerprint density at radius 2 is 1.68 bits per heavy atom. The van der Waals surface area contributed by atoms with Gasteiger partial charge >= 0.3 is 6.03 Å². The molecule has 0 bridgehead atoms. The molecule has 2 aromatic carbocycles. The fraction of sp³-hybridized carbons (Fsp3) is 0.467. The number of nitrogens with one attached hydrogen (secondary N) is 1. The molecule has 0 atom stereocenters. The van der Waals surface area contributed by atoms with Gasteiger partial charge in [-0.15, -0.1) is 0 Å². The van der Waals surface area contributed by atoms with Crippen LogP contribution in [0.3, 0.4) is 0 Å². The molecule has 1 saturated heterocycles. The highest BCUT2D eigenvalue weighted by atomic mass is 16.5. The highest BCUT2D eigenvalue weighted by Crippen LogP contribution is 2.21. The zero-order valence-electron chi connectivity index (χ0n) is 22.8. The van der Waals surface area contributed by atoms with Crippen molar-refractivity contribution in [3.8, 4) is 5.75 Å². The number of benzene rings is 2. The predicted molar refractivity (Wildman–Crippen MR) is 149 cm³/mol. The van der Waals surface area contributed by atoms with Gasteiger partial charge in [-0.1, -0.05) is 81.5 Å². The van der Waals surface area contributed by atoms with E-state index in [1.807, 2.05) is 76.5 Å². The molecule has 0 spiro atoms. The number of carbonyl (C=O) groups excluding carboxylic acids is 2. The third kappa shape index (κ3) is 9.57. The minimum Gasteiger partial charge on any atom is -0.496 e. The van der Waals surface area contributed by atoms with E-state index in [0.29, 0.717) is 39.1 Å². The van der Waals surface area contributed by atoms with E-state index < -0.39 is 0 Å². The number of urea groups is 1. The topological polar surface area (TPSA) is 65.1 Å². The molecular weight excluding hydrogens is 464 g/mol. The first-order valence-electron chi connectivity index (χ1n) is 13.1. The van der Waals surface area contributed by atoms with Crippen molar-refractivity contribution in [2.24, 2.45) is 5.41 Å². The van der Waals surface area contributed by atoms with Crippen molar-refractivity contribution in [2.75, 3.05) is 52.9 Å². The van der Waals surface area contributed by atoms with Gasteiger partial charge in [0.15, 0.2) is 0 Å². The van der Waals surface area contributed by atoms with Gasteiger partial charge in [0.1, 0.15) is 5.75 Å². The molecule has 7 nitrogen and oxygen atoms in total. The number of nitrogens with zero attached hydrogens (tertiary/aromatic N) is 3. The lowest BCUT2D eigenvalue weighted by Gasteiger charge is -2.36. The van der Waals surface area contributed by atoms with Gasteiger partial charge in [0.05, 0.1) is 7.11 Å². The van der Waals surface area contributed by atoms with Crippen molar-refractivity contribution >= 4 is 18.0 Å². The van der Waals surface area contributed by atoms with Crippen LogP contribution in [-0.2, 0) is 11.3 Å². The zero-order valence-corrected chi connectivity index (χ0v) is 22.8. The molecule has 37 heavy (non-hydrogen) atoms. The van der Waals surface area contributed by atoms with Crippen LogP contribution < -0.4 is 10.1 Å². The fourth-order valence-corrected chi connectivity index (χ4v) is 4.32. The standard InChI is InChI=1S/C30H42N4O3/c1-30(2,3)23-28(35)33(16-10-14-26-13-8-9-15-27(26)37-4)20-17-32-18-21-34(22-19-32)29(36)31-24-25-11-6-5-7-12-25/h5-15H,16-24H2,1-4H3,(H,31,36). The molecule has 1 heterocycles. The average Bonchev–Trinajstić information content (AvgIpc) is 2.89. The Labute approximate surface area is 222 Å². The van der Waals surface area contributed by atoms with Gasteiger partial charge < -0.3 is 19.9 Å². The molecule has 0 radical (unpaired) electrons. The Hall–Kier alpha value is -3.32. The molecule has 0 aromatic heterocycles. The maximum Gasteiger partial charge on any atom is 0.317 e. The Kier molecular flexibility index (Phi) is 10.6. The Balaban J connectivity index is 1.50. The van der Waals surface area contributed by atoms with Crippen LogP contribution in [0.5, 0.6) is 5.75 Å². The van der Waals surface area contributed by atoms with Crippen molar-refractivity contribution in [1.82, 2.24) is 20.0 Å². The van der Waals surface area contributed by atoms with Crippen LogP contribution in [0, 0.1) is 5.41 Å². The van der Waals surface area contributed by atoms with E-state index in [9.17, 15) is 9.59 Å². The monoisotopic (exact) mass is 506 g/mol. The predicted octanol–water partition coefficient (Wildman–Crippen LogP) is 4.50. The van der Waals surface area contributed by atoms with Crippen LogP contribution in [0.25, 0.3) is 6.08 Å². The van der Waals surface area contributed by atoms with Crippen molar-refractivity contribution in [2.45, 2.75) is 33.7 Å². The number of ether oxygens (including phenoxy) is 1. The number of piperazine rings is 1. The molecule has 1 aliphatic heterocycles. The fourth-order valence-electron chi connectivity index (χ4n) is 4.32. The number of hydrogen-bond donors (Lipinski definition) is 1. The van der Waals surface area contributed by atoms with E-state index in [4.69, 9.17) is 4.74 Å². The molecule has 2 aromatic rings. The zero-order chi connectivity index (χ0) is 26.7. The second kappa shape index (κ2) is 13.8. The number of rotatable bonds is 10. The summed E-state index contributed by atoms with van der Waals surface area (Å²) in [4.78, 5) is 31.8.